The van der Waals surface area contributed by atoms with Gasteiger partial charge in [-0.15, -0.1) is 0 Å². The molecule has 1 aliphatic heterocycles. The number of nitrogens with one attached hydrogen (secondary N) is 2. The number of nitrogens with zero attached hydrogens (tertiary/aromatic N) is 2. The molecule has 128 valence electrons. The molecule has 0 bridgehead atoms. The fraction of sp³-hybridized carbons (Fsp3) is 0.333. The van der Waals surface area contributed by atoms with Crippen LogP contribution in [0.15, 0.2) is 29.2 Å². The summed E-state index contributed by atoms with van der Waals surface area (Å²) in [4.78, 5) is 12.4. The van der Waals surface area contributed by atoms with Crippen molar-refractivity contribution in [2.75, 3.05) is 12.4 Å². The zero-order chi connectivity index (χ0) is 17.3. The SMILES string of the molecule is CNS(=O)(=O)c1ccc(Cl)c(C(=O)Nc2cc3n(n2)CCCC3)c1. The molecule has 3 rings (SSSR count). The number of rotatable bonds is 4. The van der Waals surface area contributed by atoms with Gasteiger partial charge in [-0.1, -0.05) is 11.6 Å². The van der Waals surface area contributed by atoms with Crippen LogP contribution in [-0.2, 0) is 23.0 Å². The normalized spacial score (nSPS) is 14.2. The predicted octanol–water partition coefficient (Wildman–Crippen LogP) is 2.03. The highest BCUT2D eigenvalue weighted by atomic mass is 35.5. The van der Waals surface area contributed by atoms with Gasteiger partial charge in [0, 0.05) is 18.3 Å². The number of carbonyl (C=O) groups is 1. The fourth-order valence-corrected chi connectivity index (χ4v) is 3.59. The van der Waals surface area contributed by atoms with Crippen molar-refractivity contribution < 1.29 is 13.2 Å². The molecule has 1 amide bonds. The first-order valence-corrected chi connectivity index (χ1v) is 9.38. The van der Waals surface area contributed by atoms with Crippen LogP contribution in [0, 0.1) is 0 Å². The Bertz CT molecular complexity index is 869. The van der Waals surface area contributed by atoms with E-state index >= 15 is 0 Å². The molecule has 7 nitrogen and oxygen atoms in total. The van der Waals surface area contributed by atoms with Gasteiger partial charge in [0.25, 0.3) is 5.91 Å². The smallest absolute Gasteiger partial charge is 0.258 e. The zero-order valence-electron chi connectivity index (χ0n) is 13.0. The summed E-state index contributed by atoms with van der Waals surface area (Å²) < 4.78 is 27.8. The Morgan fingerprint density at radius 3 is 2.79 bits per heavy atom. The third-order valence-electron chi connectivity index (χ3n) is 3.92. The van der Waals surface area contributed by atoms with Crippen LogP contribution >= 0.6 is 11.6 Å². The Morgan fingerprint density at radius 1 is 1.29 bits per heavy atom. The second kappa shape index (κ2) is 6.54. The van der Waals surface area contributed by atoms with Gasteiger partial charge in [-0.05, 0) is 44.5 Å². The van der Waals surface area contributed by atoms with E-state index in [1.54, 1.807) is 0 Å². The van der Waals surface area contributed by atoms with Crippen LogP contribution in [0.5, 0.6) is 0 Å². The van der Waals surface area contributed by atoms with Crippen molar-refractivity contribution in [3.8, 4) is 0 Å². The van der Waals surface area contributed by atoms with E-state index in [-0.39, 0.29) is 15.5 Å². The van der Waals surface area contributed by atoms with E-state index in [4.69, 9.17) is 11.6 Å². The van der Waals surface area contributed by atoms with E-state index in [9.17, 15) is 13.2 Å². The summed E-state index contributed by atoms with van der Waals surface area (Å²) in [6, 6.07) is 5.82. The van der Waals surface area contributed by atoms with Gasteiger partial charge in [0.1, 0.15) is 0 Å². The molecule has 9 heteroatoms. The molecule has 2 heterocycles. The van der Waals surface area contributed by atoms with Gasteiger partial charge in [0.2, 0.25) is 10.0 Å². The van der Waals surface area contributed by atoms with Crippen LogP contribution < -0.4 is 10.0 Å². The summed E-state index contributed by atoms with van der Waals surface area (Å²) in [5.41, 5.74) is 1.16. The molecule has 0 unspecified atom stereocenters. The highest BCUT2D eigenvalue weighted by Gasteiger charge is 2.19. The van der Waals surface area contributed by atoms with Crippen molar-refractivity contribution in [3.63, 3.8) is 0 Å². The first-order chi connectivity index (χ1) is 11.4. The number of amides is 1. The third-order valence-corrected chi connectivity index (χ3v) is 5.66. The highest BCUT2D eigenvalue weighted by Crippen LogP contribution is 2.23. The Labute approximate surface area is 145 Å². The standard InChI is InChI=1S/C15H17ClN4O3S/c1-17-24(22,23)11-5-6-13(16)12(9-11)15(21)18-14-8-10-4-2-3-7-20(10)19-14/h5-6,8-9,17H,2-4,7H2,1H3,(H,18,19,21). The van der Waals surface area contributed by atoms with Gasteiger partial charge in [-0.2, -0.15) is 5.10 Å². The lowest BCUT2D eigenvalue weighted by molar-refractivity contribution is 0.102. The lowest BCUT2D eigenvalue weighted by atomic mass is 10.1. The minimum atomic E-state index is -3.65. The molecule has 0 atom stereocenters. The minimum absolute atomic E-state index is 0.0244. The number of hydrogen-bond donors (Lipinski definition) is 2. The molecule has 0 saturated heterocycles. The van der Waals surface area contributed by atoms with Gasteiger partial charge in [-0.3, -0.25) is 9.48 Å². The average molecular weight is 369 g/mol. The summed E-state index contributed by atoms with van der Waals surface area (Å²) in [5, 5.41) is 7.20. The monoisotopic (exact) mass is 368 g/mol. The number of benzene rings is 1. The van der Waals surface area contributed by atoms with Gasteiger partial charge in [0.05, 0.1) is 15.5 Å². The molecule has 24 heavy (non-hydrogen) atoms. The predicted molar refractivity (Wildman–Crippen MR) is 90.8 cm³/mol. The molecule has 0 aliphatic carbocycles. The second-order valence-electron chi connectivity index (χ2n) is 5.50. The van der Waals surface area contributed by atoms with Gasteiger partial charge in [-0.25, -0.2) is 13.1 Å². The van der Waals surface area contributed by atoms with E-state index in [2.05, 4.69) is 15.1 Å². The van der Waals surface area contributed by atoms with Crippen LogP contribution in [0.3, 0.4) is 0 Å². The van der Waals surface area contributed by atoms with Crippen LogP contribution in [0.25, 0.3) is 0 Å². The van der Waals surface area contributed by atoms with Gasteiger partial charge in [0.15, 0.2) is 5.82 Å². The Morgan fingerprint density at radius 2 is 2.08 bits per heavy atom. The van der Waals surface area contributed by atoms with Crippen LogP contribution in [0.2, 0.25) is 5.02 Å². The highest BCUT2D eigenvalue weighted by molar-refractivity contribution is 7.89. The fourth-order valence-electron chi connectivity index (χ4n) is 2.63. The number of aromatic nitrogens is 2. The molecular formula is C15H17ClN4O3S. The maximum Gasteiger partial charge on any atom is 0.258 e. The number of halogens is 1. The molecule has 0 spiro atoms. The molecule has 0 fully saturated rings. The van der Waals surface area contributed by atoms with E-state index in [1.807, 2.05) is 10.7 Å². The summed E-state index contributed by atoms with van der Waals surface area (Å²) in [5.74, 6) is -0.0570. The number of fused-ring (bicyclic) bond motifs is 1. The van der Waals surface area contributed by atoms with Crippen molar-refractivity contribution in [1.82, 2.24) is 14.5 Å². The van der Waals surface area contributed by atoms with Crippen molar-refractivity contribution in [3.05, 3.63) is 40.5 Å². The molecule has 1 aromatic heterocycles. The lowest BCUT2D eigenvalue weighted by Gasteiger charge is -2.11. The van der Waals surface area contributed by atoms with Crippen LogP contribution in [0.4, 0.5) is 5.82 Å². The Hall–Kier alpha value is -1.90. The molecular weight excluding hydrogens is 352 g/mol. The molecule has 0 radical (unpaired) electrons. The summed E-state index contributed by atoms with van der Waals surface area (Å²) in [7, 11) is -2.35. The molecule has 2 N–H and O–H groups in total. The molecule has 0 saturated carbocycles. The van der Waals surface area contributed by atoms with Crippen molar-refractivity contribution in [2.45, 2.75) is 30.7 Å². The molecule has 1 aliphatic rings. The van der Waals surface area contributed by atoms with Crippen LogP contribution in [-0.4, -0.2) is 31.2 Å². The Balaban J connectivity index is 1.87. The van der Waals surface area contributed by atoms with Gasteiger partial charge < -0.3 is 5.32 Å². The number of hydrogen-bond acceptors (Lipinski definition) is 4. The summed E-state index contributed by atoms with van der Waals surface area (Å²) >= 11 is 6.05. The van der Waals surface area contributed by atoms with E-state index in [0.29, 0.717) is 5.82 Å². The van der Waals surface area contributed by atoms with Crippen molar-refractivity contribution in [2.24, 2.45) is 0 Å². The van der Waals surface area contributed by atoms with Crippen molar-refractivity contribution >= 4 is 33.3 Å². The number of anilines is 1. The number of sulfonamides is 1. The maximum atomic E-state index is 12.5. The number of carbonyl (C=O) groups excluding carboxylic acids is 1. The van der Waals surface area contributed by atoms with E-state index < -0.39 is 15.9 Å². The van der Waals surface area contributed by atoms with E-state index in [1.165, 1.54) is 25.2 Å². The maximum absolute atomic E-state index is 12.5. The quantitative estimate of drug-likeness (QED) is 0.863. The average Bonchev–Trinajstić information content (AvgIpc) is 2.97. The third kappa shape index (κ3) is 3.31. The molecule has 1 aromatic carbocycles. The van der Waals surface area contributed by atoms with Gasteiger partial charge >= 0.3 is 0 Å². The minimum Gasteiger partial charge on any atom is -0.305 e. The topological polar surface area (TPSA) is 93.1 Å². The Kier molecular flexibility index (Phi) is 4.62. The second-order valence-corrected chi connectivity index (χ2v) is 7.80. The lowest BCUT2D eigenvalue weighted by Crippen LogP contribution is -2.20. The number of aryl methyl sites for hydroxylation is 2. The molecule has 2 aromatic rings. The first kappa shape index (κ1) is 16.9. The summed E-state index contributed by atoms with van der Waals surface area (Å²) in [6.45, 7) is 0.835. The first-order valence-electron chi connectivity index (χ1n) is 7.52. The largest absolute Gasteiger partial charge is 0.305 e. The summed E-state index contributed by atoms with van der Waals surface area (Å²) in [6.07, 6.45) is 3.10. The zero-order valence-corrected chi connectivity index (χ0v) is 14.6. The van der Waals surface area contributed by atoms with E-state index in [0.717, 1.165) is 31.5 Å². The van der Waals surface area contributed by atoms with Crippen molar-refractivity contribution in [1.29, 1.82) is 0 Å². The van der Waals surface area contributed by atoms with Crippen LogP contribution in [0.1, 0.15) is 28.9 Å².